The third-order valence-corrected chi connectivity index (χ3v) is 5.20. The number of hydrogen-bond acceptors (Lipinski definition) is 4. The van der Waals surface area contributed by atoms with Crippen molar-refractivity contribution in [1.82, 2.24) is 4.72 Å². The lowest BCUT2D eigenvalue weighted by molar-refractivity contribution is -0.274. The average molecular weight is 424 g/mol. The van der Waals surface area contributed by atoms with Crippen molar-refractivity contribution in [2.45, 2.75) is 23.7 Å². The number of carboxylic acid groups (broad SMARTS) is 1. The molecule has 2 N–H and O–H groups in total. The summed E-state index contributed by atoms with van der Waals surface area (Å²) < 4.78 is 66.8. The SMILES string of the molecule is O=C(O)[C@@H](Cc1ccccc1Cl)NS(=O)(=O)c1ccc(OC(F)(F)F)cc1. The summed E-state index contributed by atoms with van der Waals surface area (Å²) in [6.07, 6.45) is -5.13. The lowest BCUT2D eigenvalue weighted by Gasteiger charge is -2.16. The molecule has 0 amide bonds. The summed E-state index contributed by atoms with van der Waals surface area (Å²) in [5, 5.41) is 9.57. The van der Waals surface area contributed by atoms with Crippen LogP contribution < -0.4 is 9.46 Å². The standard InChI is InChI=1S/C16H13ClF3NO5S/c17-13-4-2-1-3-10(13)9-14(15(22)23)21-27(24,25)12-7-5-11(6-8-12)26-16(18,19)20/h1-8,14,21H,9H2,(H,22,23)/t14-/m1/s1. The third-order valence-electron chi connectivity index (χ3n) is 3.34. The first kappa shape index (κ1) is 21.0. The topological polar surface area (TPSA) is 92.7 Å². The number of nitrogens with one attached hydrogen (secondary N) is 1. The first-order valence-electron chi connectivity index (χ1n) is 7.32. The summed E-state index contributed by atoms with van der Waals surface area (Å²) in [5.74, 6) is -2.04. The zero-order valence-corrected chi connectivity index (χ0v) is 15.0. The maximum Gasteiger partial charge on any atom is 0.573 e. The van der Waals surface area contributed by atoms with Gasteiger partial charge in [-0.15, -0.1) is 13.2 Å². The molecule has 1 atom stereocenters. The van der Waals surface area contributed by atoms with E-state index in [2.05, 4.69) is 4.74 Å². The molecule has 11 heteroatoms. The van der Waals surface area contributed by atoms with Gasteiger partial charge in [0.15, 0.2) is 0 Å². The minimum absolute atomic E-state index is 0.219. The Balaban J connectivity index is 2.19. The van der Waals surface area contributed by atoms with Crippen molar-refractivity contribution in [2.75, 3.05) is 0 Å². The smallest absolute Gasteiger partial charge is 0.480 e. The summed E-state index contributed by atoms with van der Waals surface area (Å²) in [4.78, 5) is 11.0. The minimum Gasteiger partial charge on any atom is -0.480 e. The lowest BCUT2D eigenvalue weighted by atomic mass is 10.1. The fraction of sp³-hybridized carbons (Fsp3) is 0.188. The fourth-order valence-corrected chi connectivity index (χ4v) is 3.54. The van der Waals surface area contributed by atoms with Crippen LogP contribution in [0.1, 0.15) is 5.56 Å². The number of carbonyl (C=O) groups is 1. The van der Waals surface area contributed by atoms with E-state index in [1.54, 1.807) is 18.2 Å². The molecule has 0 spiro atoms. The van der Waals surface area contributed by atoms with Gasteiger partial charge in [-0.05, 0) is 35.9 Å². The van der Waals surface area contributed by atoms with E-state index in [9.17, 15) is 31.5 Å². The Morgan fingerprint density at radius 3 is 2.26 bits per heavy atom. The van der Waals surface area contributed by atoms with Crippen molar-refractivity contribution in [2.24, 2.45) is 0 Å². The normalized spacial score (nSPS) is 13.2. The molecule has 0 unspecified atom stereocenters. The monoisotopic (exact) mass is 423 g/mol. The van der Waals surface area contributed by atoms with Crippen molar-refractivity contribution in [1.29, 1.82) is 0 Å². The second-order valence-corrected chi connectivity index (χ2v) is 7.45. The Hall–Kier alpha value is -2.30. The molecule has 6 nitrogen and oxygen atoms in total. The first-order valence-corrected chi connectivity index (χ1v) is 9.18. The molecule has 0 aliphatic rings. The summed E-state index contributed by atoms with van der Waals surface area (Å²) in [5.41, 5.74) is 0.420. The van der Waals surface area contributed by atoms with Crippen LogP contribution in [0.25, 0.3) is 0 Å². The van der Waals surface area contributed by atoms with Gasteiger partial charge >= 0.3 is 12.3 Å². The number of hydrogen-bond donors (Lipinski definition) is 2. The van der Waals surface area contributed by atoms with Gasteiger partial charge in [0.2, 0.25) is 10.0 Å². The molecule has 2 aromatic carbocycles. The van der Waals surface area contributed by atoms with Crippen molar-refractivity contribution in [3.05, 3.63) is 59.1 Å². The quantitative estimate of drug-likeness (QED) is 0.713. The number of alkyl halides is 3. The number of rotatable bonds is 7. The number of halogens is 4. The molecule has 0 fully saturated rings. The van der Waals surface area contributed by atoms with E-state index in [1.807, 2.05) is 4.72 Å². The zero-order valence-electron chi connectivity index (χ0n) is 13.4. The van der Waals surface area contributed by atoms with Crippen LogP contribution >= 0.6 is 11.6 Å². The lowest BCUT2D eigenvalue weighted by Crippen LogP contribution is -2.42. The molecule has 146 valence electrons. The van der Waals surface area contributed by atoms with Crippen LogP contribution in [0.15, 0.2) is 53.4 Å². The van der Waals surface area contributed by atoms with Gasteiger partial charge in [0.1, 0.15) is 11.8 Å². The van der Waals surface area contributed by atoms with E-state index in [4.69, 9.17) is 11.6 Å². The maximum absolute atomic E-state index is 12.3. The van der Waals surface area contributed by atoms with Crippen LogP contribution in [0.3, 0.4) is 0 Å². The van der Waals surface area contributed by atoms with Gasteiger partial charge in [-0.3, -0.25) is 4.79 Å². The van der Waals surface area contributed by atoms with Crippen molar-refractivity contribution in [3.8, 4) is 5.75 Å². The summed E-state index contributed by atoms with van der Waals surface area (Å²) in [6, 6.07) is 8.18. The third kappa shape index (κ3) is 6.12. The van der Waals surface area contributed by atoms with E-state index in [0.717, 1.165) is 24.3 Å². The summed E-state index contributed by atoms with van der Waals surface area (Å²) >= 11 is 5.96. The number of carboxylic acids is 1. The summed E-state index contributed by atoms with van der Waals surface area (Å²) in [6.45, 7) is 0. The molecule has 2 rings (SSSR count). The Labute approximate surface area is 157 Å². The molecule has 0 saturated carbocycles. The zero-order chi connectivity index (χ0) is 20.2. The maximum atomic E-state index is 12.3. The fourth-order valence-electron chi connectivity index (χ4n) is 2.14. The Morgan fingerprint density at radius 2 is 1.74 bits per heavy atom. The molecule has 0 aliphatic heterocycles. The van der Waals surface area contributed by atoms with Gasteiger partial charge in [-0.2, -0.15) is 4.72 Å². The Morgan fingerprint density at radius 1 is 1.15 bits per heavy atom. The van der Waals surface area contributed by atoms with Gasteiger partial charge in [0.25, 0.3) is 0 Å². The highest BCUT2D eigenvalue weighted by Gasteiger charge is 2.31. The highest BCUT2D eigenvalue weighted by atomic mass is 35.5. The number of sulfonamides is 1. The molecule has 0 aromatic heterocycles. The van der Waals surface area contributed by atoms with Gasteiger partial charge in [-0.1, -0.05) is 29.8 Å². The van der Waals surface area contributed by atoms with Crippen LogP contribution in [0.4, 0.5) is 13.2 Å². The van der Waals surface area contributed by atoms with E-state index in [0.29, 0.717) is 5.56 Å². The Bertz CT molecular complexity index is 916. The molecule has 27 heavy (non-hydrogen) atoms. The predicted octanol–water partition coefficient (Wildman–Crippen LogP) is 3.21. The molecule has 0 aliphatic carbocycles. The van der Waals surface area contributed by atoms with E-state index >= 15 is 0 Å². The first-order chi connectivity index (χ1) is 12.5. The second kappa shape index (κ2) is 8.15. The highest BCUT2D eigenvalue weighted by Crippen LogP contribution is 2.24. The van der Waals surface area contributed by atoms with Gasteiger partial charge in [0, 0.05) is 11.4 Å². The summed E-state index contributed by atoms with van der Waals surface area (Å²) in [7, 11) is -4.31. The van der Waals surface area contributed by atoms with E-state index in [1.165, 1.54) is 6.07 Å². The molecule has 0 heterocycles. The van der Waals surface area contributed by atoms with Gasteiger partial charge < -0.3 is 9.84 Å². The molecule has 0 bridgehead atoms. The van der Waals surface area contributed by atoms with Crippen LogP contribution in [-0.2, 0) is 21.2 Å². The minimum atomic E-state index is -4.91. The second-order valence-electron chi connectivity index (χ2n) is 5.33. The van der Waals surface area contributed by atoms with Crippen LogP contribution in [-0.4, -0.2) is 31.9 Å². The van der Waals surface area contributed by atoms with Crippen LogP contribution in [0.5, 0.6) is 5.75 Å². The van der Waals surface area contributed by atoms with Gasteiger partial charge in [-0.25, -0.2) is 8.42 Å². The average Bonchev–Trinajstić information content (AvgIpc) is 2.55. The Kier molecular flexibility index (Phi) is 6.34. The van der Waals surface area contributed by atoms with E-state index in [-0.39, 0.29) is 11.4 Å². The largest absolute Gasteiger partial charge is 0.573 e. The molecule has 0 radical (unpaired) electrons. The van der Waals surface area contributed by atoms with Crippen LogP contribution in [0.2, 0.25) is 5.02 Å². The van der Waals surface area contributed by atoms with Crippen LogP contribution in [0, 0.1) is 0 Å². The number of benzene rings is 2. The van der Waals surface area contributed by atoms with Crippen molar-refractivity contribution in [3.63, 3.8) is 0 Å². The number of aliphatic carboxylic acids is 1. The van der Waals surface area contributed by atoms with E-state index < -0.39 is 39.0 Å². The molecule has 0 saturated heterocycles. The molecule has 2 aromatic rings. The number of ether oxygens (including phenoxy) is 1. The highest BCUT2D eigenvalue weighted by molar-refractivity contribution is 7.89. The van der Waals surface area contributed by atoms with Crippen molar-refractivity contribution >= 4 is 27.6 Å². The van der Waals surface area contributed by atoms with Crippen molar-refractivity contribution < 1.29 is 36.2 Å². The molecular formula is C16H13ClF3NO5S. The predicted molar refractivity (Wildman–Crippen MR) is 90.0 cm³/mol. The van der Waals surface area contributed by atoms with Gasteiger partial charge in [0.05, 0.1) is 4.90 Å². The molecular weight excluding hydrogens is 411 g/mol.